The van der Waals surface area contributed by atoms with E-state index in [0.717, 1.165) is 0 Å². The highest BCUT2D eigenvalue weighted by Gasteiger charge is 2.32. The third kappa shape index (κ3) is 4.03. The monoisotopic (exact) mass is 296 g/mol. The summed E-state index contributed by atoms with van der Waals surface area (Å²) < 4.78 is 5.18. The number of carbonyl (C=O) groups excluding carboxylic acids is 2. The molecule has 6 heteroatoms. The van der Waals surface area contributed by atoms with Crippen molar-refractivity contribution in [1.29, 1.82) is 0 Å². The Hall–Kier alpha value is -1.43. The molecule has 3 atom stereocenters. The molecule has 2 amide bonds. The zero-order valence-electron chi connectivity index (χ0n) is 11.9. The molecule has 0 bridgehead atoms. The minimum absolute atomic E-state index is 0.0112. The molecule has 1 heterocycles. The summed E-state index contributed by atoms with van der Waals surface area (Å²) >= 11 is 1.65. The Balaban J connectivity index is 1.96. The van der Waals surface area contributed by atoms with Gasteiger partial charge in [-0.1, -0.05) is 24.3 Å². The van der Waals surface area contributed by atoms with Gasteiger partial charge in [-0.2, -0.15) is 0 Å². The van der Waals surface area contributed by atoms with E-state index in [2.05, 4.69) is 16.7 Å². The van der Waals surface area contributed by atoms with Crippen molar-refractivity contribution in [3.63, 3.8) is 0 Å². The number of alkyl carbamates (subject to hydrolysis) is 1. The molecule has 0 aromatic heterocycles. The fourth-order valence-electron chi connectivity index (χ4n) is 1.98. The Labute approximate surface area is 123 Å². The van der Waals surface area contributed by atoms with Crippen LogP contribution in [-0.2, 0) is 9.53 Å². The lowest BCUT2D eigenvalue weighted by Crippen LogP contribution is -2.50. The van der Waals surface area contributed by atoms with Gasteiger partial charge in [-0.05, 0) is 20.8 Å². The van der Waals surface area contributed by atoms with E-state index in [1.807, 2.05) is 18.2 Å². The normalized spacial score (nSPS) is 29.1. The molecule has 20 heavy (non-hydrogen) atoms. The van der Waals surface area contributed by atoms with E-state index in [9.17, 15) is 9.59 Å². The van der Waals surface area contributed by atoms with Crippen LogP contribution in [0.2, 0.25) is 0 Å². The molecule has 1 fully saturated rings. The van der Waals surface area contributed by atoms with Gasteiger partial charge in [0.25, 0.3) is 0 Å². The van der Waals surface area contributed by atoms with E-state index < -0.39 is 17.7 Å². The molecular formula is C14H20N2O3S. The van der Waals surface area contributed by atoms with E-state index in [0.29, 0.717) is 5.75 Å². The second-order valence-corrected chi connectivity index (χ2v) is 7.01. The van der Waals surface area contributed by atoms with Crippen molar-refractivity contribution in [1.82, 2.24) is 10.6 Å². The lowest BCUT2D eigenvalue weighted by atomic mass is 10.1. The van der Waals surface area contributed by atoms with Gasteiger partial charge in [-0.25, -0.2) is 4.79 Å². The molecular weight excluding hydrogens is 276 g/mol. The first-order chi connectivity index (χ1) is 9.35. The number of rotatable bonds is 1. The van der Waals surface area contributed by atoms with Crippen LogP contribution in [0.4, 0.5) is 4.79 Å². The Morgan fingerprint density at radius 2 is 2.10 bits per heavy atom. The molecule has 110 valence electrons. The van der Waals surface area contributed by atoms with E-state index in [4.69, 9.17) is 4.74 Å². The zero-order valence-corrected chi connectivity index (χ0v) is 12.7. The van der Waals surface area contributed by atoms with Crippen molar-refractivity contribution in [2.45, 2.75) is 43.7 Å². The largest absolute Gasteiger partial charge is 0.444 e. The van der Waals surface area contributed by atoms with Crippen molar-refractivity contribution >= 4 is 23.8 Å². The molecule has 0 saturated carbocycles. The van der Waals surface area contributed by atoms with Gasteiger partial charge in [-0.15, -0.1) is 11.8 Å². The molecule has 1 saturated heterocycles. The molecule has 0 aromatic carbocycles. The molecule has 1 aliphatic heterocycles. The minimum atomic E-state index is -0.572. The molecule has 5 nitrogen and oxygen atoms in total. The van der Waals surface area contributed by atoms with E-state index in [1.54, 1.807) is 32.5 Å². The SMILES string of the molecule is CC(C)(C)OC(=O)N[C@H]1CSC2C=CC=CC2NC1=O. The highest BCUT2D eigenvalue weighted by molar-refractivity contribution is 8.00. The summed E-state index contributed by atoms with van der Waals surface area (Å²) in [6.45, 7) is 5.37. The van der Waals surface area contributed by atoms with Crippen LogP contribution in [0.25, 0.3) is 0 Å². The number of nitrogens with one attached hydrogen (secondary N) is 2. The van der Waals surface area contributed by atoms with Gasteiger partial charge in [0.05, 0.1) is 6.04 Å². The molecule has 2 aliphatic rings. The Morgan fingerprint density at radius 3 is 2.80 bits per heavy atom. The maximum Gasteiger partial charge on any atom is 0.408 e. The van der Waals surface area contributed by atoms with Crippen molar-refractivity contribution in [3.8, 4) is 0 Å². The Kier molecular flexibility index (Phi) is 4.42. The first-order valence-corrected chi connectivity index (χ1v) is 7.66. The lowest BCUT2D eigenvalue weighted by molar-refractivity contribution is -0.122. The molecule has 0 aromatic rings. The van der Waals surface area contributed by atoms with Crippen molar-refractivity contribution < 1.29 is 14.3 Å². The predicted molar refractivity (Wildman–Crippen MR) is 79.6 cm³/mol. The van der Waals surface area contributed by atoms with Gasteiger partial charge in [0.2, 0.25) is 5.91 Å². The maximum atomic E-state index is 12.1. The number of thioether (sulfide) groups is 1. The smallest absolute Gasteiger partial charge is 0.408 e. The van der Waals surface area contributed by atoms with Gasteiger partial charge in [0.1, 0.15) is 11.6 Å². The summed E-state index contributed by atoms with van der Waals surface area (Å²) in [5.41, 5.74) is -0.572. The Morgan fingerprint density at radius 1 is 1.40 bits per heavy atom. The number of hydrogen-bond acceptors (Lipinski definition) is 4. The van der Waals surface area contributed by atoms with Gasteiger partial charge in [-0.3, -0.25) is 4.79 Å². The van der Waals surface area contributed by atoms with Crippen molar-refractivity contribution in [3.05, 3.63) is 24.3 Å². The van der Waals surface area contributed by atoms with Crippen LogP contribution < -0.4 is 10.6 Å². The molecule has 2 unspecified atom stereocenters. The third-order valence-electron chi connectivity index (χ3n) is 2.86. The maximum absolute atomic E-state index is 12.1. The fraction of sp³-hybridized carbons (Fsp3) is 0.571. The summed E-state index contributed by atoms with van der Waals surface area (Å²) in [5, 5.41) is 5.78. The number of ether oxygens (including phenoxy) is 1. The number of amides is 2. The van der Waals surface area contributed by atoms with Gasteiger partial charge >= 0.3 is 6.09 Å². The summed E-state index contributed by atoms with van der Waals surface area (Å²) in [6, 6.07) is -0.579. The quantitative estimate of drug-likeness (QED) is 0.771. The molecule has 0 radical (unpaired) electrons. The van der Waals surface area contributed by atoms with E-state index >= 15 is 0 Å². The van der Waals surface area contributed by atoms with Gasteiger partial charge in [0.15, 0.2) is 0 Å². The zero-order chi connectivity index (χ0) is 14.8. The van der Waals surface area contributed by atoms with Crippen LogP contribution in [0.1, 0.15) is 20.8 Å². The topological polar surface area (TPSA) is 67.4 Å². The average molecular weight is 296 g/mol. The standard InChI is InChI=1S/C14H20N2O3S/c1-14(2,3)19-13(18)16-10-8-20-11-7-5-4-6-9(11)15-12(10)17/h4-7,9-11H,8H2,1-3H3,(H,15,17)(H,16,18)/t9?,10-,11?/m0/s1. The van der Waals surface area contributed by atoms with Gasteiger partial charge in [0, 0.05) is 11.0 Å². The third-order valence-corrected chi connectivity index (χ3v) is 4.22. The van der Waals surface area contributed by atoms with E-state index in [-0.39, 0.29) is 17.2 Å². The van der Waals surface area contributed by atoms with Crippen LogP contribution in [0.5, 0.6) is 0 Å². The summed E-state index contributed by atoms with van der Waals surface area (Å²) in [6.07, 6.45) is 7.36. The van der Waals surface area contributed by atoms with Gasteiger partial charge < -0.3 is 15.4 Å². The number of hydrogen-bond donors (Lipinski definition) is 2. The van der Waals surface area contributed by atoms with Crippen molar-refractivity contribution in [2.24, 2.45) is 0 Å². The summed E-state index contributed by atoms with van der Waals surface area (Å²) in [4.78, 5) is 23.9. The molecule has 1 aliphatic carbocycles. The summed E-state index contributed by atoms with van der Waals surface area (Å²) in [5.74, 6) is 0.362. The van der Waals surface area contributed by atoms with Crippen LogP contribution in [0.15, 0.2) is 24.3 Å². The predicted octanol–water partition coefficient (Wildman–Crippen LogP) is 1.61. The number of carbonyl (C=O) groups is 2. The number of allylic oxidation sites excluding steroid dienone is 2. The molecule has 0 spiro atoms. The highest BCUT2D eigenvalue weighted by Crippen LogP contribution is 2.24. The van der Waals surface area contributed by atoms with Crippen LogP contribution >= 0.6 is 11.8 Å². The minimum Gasteiger partial charge on any atom is -0.444 e. The van der Waals surface area contributed by atoms with Crippen LogP contribution in [0.3, 0.4) is 0 Å². The first kappa shape index (κ1) is 15.0. The van der Waals surface area contributed by atoms with E-state index in [1.165, 1.54) is 0 Å². The summed E-state index contributed by atoms with van der Waals surface area (Å²) in [7, 11) is 0. The van der Waals surface area contributed by atoms with Crippen LogP contribution in [-0.4, -0.2) is 40.7 Å². The first-order valence-electron chi connectivity index (χ1n) is 6.62. The second kappa shape index (κ2) is 5.91. The number of fused-ring (bicyclic) bond motifs is 1. The van der Waals surface area contributed by atoms with Crippen LogP contribution in [0, 0.1) is 0 Å². The molecule has 2 N–H and O–H groups in total. The van der Waals surface area contributed by atoms with Crippen molar-refractivity contribution in [2.75, 3.05) is 5.75 Å². The Bertz CT molecular complexity index is 454. The highest BCUT2D eigenvalue weighted by atomic mass is 32.2. The fourth-order valence-corrected chi connectivity index (χ4v) is 3.20. The lowest BCUT2D eigenvalue weighted by Gasteiger charge is -2.22. The molecule has 2 rings (SSSR count). The average Bonchev–Trinajstić information content (AvgIpc) is 2.47. The second-order valence-electron chi connectivity index (χ2n) is 5.80.